The highest BCUT2D eigenvalue weighted by Gasteiger charge is 2.44. The minimum atomic E-state index is -0.893. The SMILES string of the molecule is CC1(C)CSCC(C)(C)C1C(=O)[O-]. The van der Waals surface area contributed by atoms with Crippen molar-refractivity contribution >= 4 is 17.7 Å². The van der Waals surface area contributed by atoms with E-state index in [9.17, 15) is 9.90 Å². The maximum Gasteiger partial charge on any atom is 0.0456 e. The molecule has 0 N–H and O–H groups in total. The molecule has 1 saturated heterocycles. The van der Waals surface area contributed by atoms with Crippen LogP contribution in [0.3, 0.4) is 0 Å². The molecule has 0 amide bonds. The van der Waals surface area contributed by atoms with Crippen molar-refractivity contribution in [3.63, 3.8) is 0 Å². The molecule has 1 aliphatic heterocycles. The van der Waals surface area contributed by atoms with E-state index in [0.717, 1.165) is 11.5 Å². The zero-order valence-electron chi connectivity index (χ0n) is 8.72. The van der Waals surface area contributed by atoms with Crippen LogP contribution >= 0.6 is 11.8 Å². The van der Waals surface area contributed by atoms with E-state index in [1.807, 2.05) is 39.5 Å². The summed E-state index contributed by atoms with van der Waals surface area (Å²) >= 11 is 1.84. The lowest BCUT2D eigenvalue weighted by Crippen LogP contribution is -2.52. The number of carbonyl (C=O) groups excluding carboxylic acids is 1. The van der Waals surface area contributed by atoms with Gasteiger partial charge in [-0.15, -0.1) is 0 Å². The topological polar surface area (TPSA) is 40.1 Å². The third kappa shape index (κ3) is 2.01. The average molecular weight is 201 g/mol. The average Bonchev–Trinajstić information content (AvgIpc) is 1.79. The predicted molar refractivity (Wildman–Crippen MR) is 53.4 cm³/mol. The summed E-state index contributed by atoms with van der Waals surface area (Å²) in [6.07, 6.45) is 0. The van der Waals surface area contributed by atoms with Crippen molar-refractivity contribution in [1.82, 2.24) is 0 Å². The van der Waals surface area contributed by atoms with Gasteiger partial charge in [-0.1, -0.05) is 27.7 Å². The van der Waals surface area contributed by atoms with E-state index < -0.39 is 5.97 Å². The van der Waals surface area contributed by atoms with Crippen molar-refractivity contribution in [3.8, 4) is 0 Å². The molecule has 0 aromatic heterocycles. The number of carbonyl (C=O) groups is 1. The van der Waals surface area contributed by atoms with Crippen molar-refractivity contribution in [2.45, 2.75) is 27.7 Å². The summed E-state index contributed by atoms with van der Waals surface area (Å²) in [6.45, 7) is 8.06. The largest absolute Gasteiger partial charge is 0.550 e. The Morgan fingerprint density at radius 2 is 1.62 bits per heavy atom. The molecular formula is C10H17O2S-. The third-order valence-electron chi connectivity index (χ3n) is 2.75. The third-order valence-corrected chi connectivity index (χ3v) is 4.64. The molecule has 76 valence electrons. The number of hydrogen-bond acceptors (Lipinski definition) is 3. The van der Waals surface area contributed by atoms with Gasteiger partial charge < -0.3 is 9.90 Å². The summed E-state index contributed by atoms with van der Waals surface area (Å²) < 4.78 is 0. The Kier molecular flexibility index (Phi) is 2.68. The first kappa shape index (κ1) is 10.9. The van der Waals surface area contributed by atoms with E-state index in [0.29, 0.717) is 0 Å². The van der Waals surface area contributed by atoms with Crippen LogP contribution in [0.1, 0.15) is 27.7 Å². The Bertz CT molecular complexity index is 205. The summed E-state index contributed by atoms with van der Waals surface area (Å²) in [5, 5.41) is 11.1. The predicted octanol–water partition coefficient (Wildman–Crippen LogP) is 1.15. The quantitative estimate of drug-likeness (QED) is 0.639. The minimum Gasteiger partial charge on any atom is -0.550 e. The standard InChI is InChI=1S/C10H18O2S/c1-9(2)5-13-6-10(3,4)7(9)8(11)12/h7H,5-6H2,1-4H3,(H,11,12)/p-1. The molecule has 2 nitrogen and oxygen atoms in total. The van der Waals surface area contributed by atoms with Gasteiger partial charge in [0.1, 0.15) is 0 Å². The van der Waals surface area contributed by atoms with E-state index in [1.54, 1.807) is 0 Å². The second kappa shape index (κ2) is 3.19. The second-order valence-electron chi connectivity index (χ2n) is 5.22. The minimum absolute atomic E-state index is 0.148. The van der Waals surface area contributed by atoms with Crippen LogP contribution in [0, 0.1) is 16.7 Å². The maximum atomic E-state index is 11.1. The Labute approximate surface area is 84.1 Å². The zero-order chi connectivity index (χ0) is 10.3. The monoisotopic (exact) mass is 201 g/mol. The van der Waals surface area contributed by atoms with Crippen LogP contribution in [0.25, 0.3) is 0 Å². The Morgan fingerprint density at radius 1 is 1.23 bits per heavy atom. The molecule has 0 aromatic rings. The first-order valence-electron chi connectivity index (χ1n) is 4.56. The van der Waals surface area contributed by atoms with E-state index in [2.05, 4.69) is 0 Å². The van der Waals surface area contributed by atoms with Gasteiger partial charge in [0.05, 0.1) is 0 Å². The molecule has 0 atom stereocenters. The lowest BCUT2D eigenvalue weighted by Gasteiger charge is -2.49. The van der Waals surface area contributed by atoms with Gasteiger partial charge in [0.2, 0.25) is 0 Å². The molecule has 0 unspecified atom stereocenters. The van der Waals surface area contributed by atoms with E-state index >= 15 is 0 Å². The van der Waals surface area contributed by atoms with Gasteiger partial charge >= 0.3 is 0 Å². The fraction of sp³-hybridized carbons (Fsp3) is 0.900. The molecule has 0 saturated carbocycles. The molecule has 0 radical (unpaired) electrons. The van der Waals surface area contributed by atoms with Gasteiger partial charge in [-0.25, -0.2) is 0 Å². The van der Waals surface area contributed by atoms with Crippen molar-refractivity contribution in [3.05, 3.63) is 0 Å². The lowest BCUT2D eigenvalue weighted by molar-refractivity contribution is -0.319. The van der Waals surface area contributed by atoms with Gasteiger partial charge in [0.25, 0.3) is 0 Å². The van der Waals surface area contributed by atoms with E-state index in [4.69, 9.17) is 0 Å². The molecule has 13 heavy (non-hydrogen) atoms. The number of aliphatic carboxylic acids is 1. The van der Waals surface area contributed by atoms with Gasteiger partial charge in [0, 0.05) is 11.9 Å². The number of carboxylic acids is 1. The molecule has 1 rings (SSSR count). The Hall–Kier alpha value is -0.180. The van der Waals surface area contributed by atoms with Gasteiger partial charge in [0.15, 0.2) is 0 Å². The number of carboxylic acid groups (broad SMARTS) is 1. The number of hydrogen-bond donors (Lipinski definition) is 0. The first-order chi connectivity index (χ1) is 5.77. The van der Waals surface area contributed by atoms with Crippen LogP contribution in [-0.2, 0) is 4.79 Å². The Balaban J connectivity index is 2.98. The molecule has 1 fully saturated rings. The van der Waals surface area contributed by atoms with Gasteiger partial charge in [-0.05, 0) is 22.3 Å². The van der Waals surface area contributed by atoms with Crippen LogP contribution < -0.4 is 5.11 Å². The molecule has 3 heteroatoms. The molecule has 1 aliphatic rings. The molecule has 1 heterocycles. The summed E-state index contributed by atoms with van der Waals surface area (Å²) in [6, 6.07) is 0. The Morgan fingerprint density at radius 3 is 1.85 bits per heavy atom. The van der Waals surface area contributed by atoms with Gasteiger partial charge in [-0.3, -0.25) is 0 Å². The number of thioether (sulfide) groups is 1. The lowest BCUT2D eigenvalue weighted by atomic mass is 9.66. The van der Waals surface area contributed by atoms with Crippen molar-refractivity contribution in [2.24, 2.45) is 16.7 Å². The summed E-state index contributed by atoms with van der Waals surface area (Å²) in [5.74, 6) is 0.598. The van der Waals surface area contributed by atoms with E-state index in [1.165, 1.54) is 0 Å². The highest BCUT2D eigenvalue weighted by atomic mass is 32.2. The first-order valence-corrected chi connectivity index (χ1v) is 5.71. The molecular weight excluding hydrogens is 184 g/mol. The molecule has 0 aliphatic carbocycles. The normalized spacial score (nSPS) is 27.1. The summed E-state index contributed by atoms with van der Waals surface area (Å²) in [4.78, 5) is 11.1. The molecule has 0 aromatic carbocycles. The van der Waals surface area contributed by atoms with Crippen molar-refractivity contribution in [2.75, 3.05) is 11.5 Å². The van der Waals surface area contributed by atoms with E-state index in [-0.39, 0.29) is 16.7 Å². The zero-order valence-corrected chi connectivity index (χ0v) is 9.53. The van der Waals surface area contributed by atoms with Crippen LogP contribution in [0.2, 0.25) is 0 Å². The van der Waals surface area contributed by atoms with Crippen LogP contribution in [0.4, 0.5) is 0 Å². The van der Waals surface area contributed by atoms with Gasteiger partial charge in [-0.2, -0.15) is 11.8 Å². The maximum absolute atomic E-state index is 11.1. The fourth-order valence-corrected chi connectivity index (χ4v) is 3.93. The van der Waals surface area contributed by atoms with Crippen molar-refractivity contribution < 1.29 is 9.90 Å². The highest BCUT2D eigenvalue weighted by Crippen LogP contribution is 2.48. The highest BCUT2D eigenvalue weighted by molar-refractivity contribution is 7.99. The summed E-state index contributed by atoms with van der Waals surface area (Å²) in [5.41, 5.74) is -0.295. The second-order valence-corrected chi connectivity index (χ2v) is 6.21. The van der Waals surface area contributed by atoms with Crippen molar-refractivity contribution in [1.29, 1.82) is 0 Å². The molecule has 0 spiro atoms. The fourth-order valence-electron chi connectivity index (χ4n) is 2.44. The summed E-state index contributed by atoms with van der Waals surface area (Å²) in [7, 11) is 0. The smallest absolute Gasteiger partial charge is 0.0456 e. The molecule has 0 bridgehead atoms. The number of rotatable bonds is 1. The van der Waals surface area contributed by atoms with Crippen LogP contribution in [-0.4, -0.2) is 17.5 Å². The van der Waals surface area contributed by atoms with Crippen LogP contribution in [0.5, 0.6) is 0 Å². The van der Waals surface area contributed by atoms with Crippen LogP contribution in [0.15, 0.2) is 0 Å².